The summed E-state index contributed by atoms with van der Waals surface area (Å²) in [6.07, 6.45) is -0.888. The van der Waals surface area contributed by atoms with E-state index < -0.39 is 18.0 Å². The molecule has 0 aromatic carbocycles. The van der Waals surface area contributed by atoms with Crippen LogP contribution in [0.15, 0.2) is 24.5 Å². The van der Waals surface area contributed by atoms with E-state index in [0.717, 1.165) is 0 Å². The second-order valence-electron chi connectivity index (χ2n) is 5.48. The average Bonchev–Trinajstić information content (AvgIpc) is 2.88. The van der Waals surface area contributed by atoms with Crippen molar-refractivity contribution in [2.24, 2.45) is 5.92 Å². The van der Waals surface area contributed by atoms with Gasteiger partial charge >= 0.3 is 6.18 Å². The molecule has 118 valence electrons. The van der Waals surface area contributed by atoms with Gasteiger partial charge in [0.1, 0.15) is 0 Å². The van der Waals surface area contributed by atoms with E-state index in [1.807, 2.05) is 0 Å². The molecule has 0 bridgehead atoms. The molecule has 2 N–H and O–H groups in total. The van der Waals surface area contributed by atoms with Crippen LogP contribution in [0.25, 0.3) is 5.52 Å². The minimum atomic E-state index is -4.27. The first-order valence-electron chi connectivity index (χ1n) is 6.95. The van der Waals surface area contributed by atoms with Gasteiger partial charge in [0.2, 0.25) is 0 Å². The van der Waals surface area contributed by atoms with Crippen LogP contribution >= 0.6 is 0 Å². The number of carbonyl (C=O) groups is 1. The molecule has 0 spiro atoms. The summed E-state index contributed by atoms with van der Waals surface area (Å²) >= 11 is 0. The Labute approximate surface area is 124 Å². The maximum absolute atomic E-state index is 12.9. The molecule has 1 aliphatic rings. The first-order valence-corrected chi connectivity index (χ1v) is 6.95. The summed E-state index contributed by atoms with van der Waals surface area (Å²) in [6.45, 7) is 0.0209. The molecule has 3 heterocycles. The molecular weight excluding hydrogens is 297 g/mol. The molecule has 2 aromatic heterocycles. The number of halogens is 3. The zero-order chi connectivity index (χ0) is 15.9. The highest BCUT2D eigenvalue weighted by molar-refractivity contribution is 6.01. The first kappa shape index (κ1) is 14.7. The minimum Gasteiger partial charge on any atom is -0.399 e. The zero-order valence-corrected chi connectivity index (χ0v) is 11.7. The van der Waals surface area contributed by atoms with E-state index in [1.165, 1.54) is 15.6 Å². The summed E-state index contributed by atoms with van der Waals surface area (Å²) in [6, 6.07) is 3.22. The van der Waals surface area contributed by atoms with Gasteiger partial charge < -0.3 is 10.6 Å². The standard InChI is InChI=1S/C14H15F3N4O/c15-14(16,17)9-2-1-4-20(8-9)13(22)11-7-19-21-5-3-10(18)6-12(11)21/h3,5-7,9H,1-2,4,8,18H2/t9-/m0/s1. The molecule has 2 aromatic rings. The third kappa shape index (κ3) is 2.60. The van der Waals surface area contributed by atoms with Crippen molar-refractivity contribution < 1.29 is 18.0 Å². The predicted molar refractivity (Wildman–Crippen MR) is 74.3 cm³/mol. The average molecular weight is 312 g/mol. The van der Waals surface area contributed by atoms with Crippen LogP contribution in [-0.2, 0) is 0 Å². The molecule has 3 rings (SSSR count). The largest absolute Gasteiger partial charge is 0.399 e. The molecule has 1 amide bonds. The molecule has 0 saturated carbocycles. The number of amides is 1. The fourth-order valence-electron chi connectivity index (χ4n) is 2.76. The second kappa shape index (κ2) is 5.19. The van der Waals surface area contributed by atoms with Crippen LogP contribution in [0.3, 0.4) is 0 Å². The van der Waals surface area contributed by atoms with Gasteiger partial charge in [-0.2, -0.15) is 18.3 Å². The summed E-state index contributed by atoms with van der Waals surface area (Å²) in [5, 5.41) is 4.03. The number of rotatable bonds is 1. The van der Waals surface area contributed by atoms with Crippen LogP contribution in [0.1, 0.15) is 23.2 Å². The molecule has 0 radical (unpaired) electrons. The van der Waals surface area contributed by atoms with Gasteiger partial charge in [0.05, 0.1) is 23.2 Å². The van der Waals surface area contributed by atoms with Gasteiger partial charge in [-0.05, 0) is 25.0 Å². The van der Waals surface area contributed by atoms with E-state index in [2.05, 4.69) is 5.10 Å². The lowest BCUT2D eigenvalue weighted by Gasteiger charge is -2.33. The Balaban J connectivity index is 1.88. The molecular formula is C14H15F3N4O. The predicted octanol–water partition coefficient (Wildman–Crippen LogP) is 2.33. The number of aromatic nitrogens is 2. The van der Waals surface area contributed by atoms with Gasteiger partial charge in [0, 0.05) is 25.0 Å². The normalized spacial score (nSPS) is 19.6. The number of hydrogen-bond acceptors (Lipinski definition) is 3. The summed E-state index contributed by atoms with van der Waals surface area (Å²) in [7, 11) is 0. The molecule has 0 unspecified atom stereocenters. The lowest BCUT2D eigenvalue weighted by molar-refractivity contribution is -0.184. The van der Waals surface area contributed by atoms with Crippen LogP contribution in [0.2, 0.25) is 0 Å². The Morgan fingerprint density at radius 1 is 1.41 bits per heavy atom. The smallest absolute Gasteiger partial charge is 0.393 e. The number of carbonyl (C=O) groups excluding carboxylic acids is 1. The van der Waals surface area contributed by atoms with E-state index in [9.17, 15) is 18.0 Å². The Morgan fingerprint density at radius 2 is 2.18 bits per heavy atom. The molecule has 1 aliphatic heterocycles. The van der Waals surface area contributed by atoms with Crippen LogP contribution in [-0.4, -0.2) is 39.7 Å². The molecule has 8 heteroatoms. The fraction of sp³-hybridized carbons (Fsp3) is 0.429. The minimum absolute atomic E-state index is 0.0645. The van der Waals surface area contributed by atoms with Crippen LogP contribution in [0, 0.1) is 5.92 Å². The monoisotopic (exact) mass is 312 g/mol. The third-order valence-corrected chi connectivity index (χ3v) is 3.95. The number of alkyl halides is 3. The molecule has 5 nitrogen and oxygen atoms in total. The van der Waals surface area contributed by atoms with Crippen molar-refractivity contribution in [3.63, 3.8) is 0 Å². The molecule has 1 atom stereocenters. The van der Waals surface area contributed by atoms with Crippen molar-refractivity contribution in [1.82, 2.24) is 14.5 Å². The SMILES string of the molecule is Nc1ccn2ncc(C(=O)N3CCC[C@H](C(F)(F)F)C3)c2c1. The van der Waals surface area contributed by atoms with Crippen molar-refractivity contribution in [2.45, 2.75) is 19.0 Å². The number of likely N-dealkylation sites (tertiary alicyclic amines) is 1. The van der Waals surface area contributed by atoms with E-state index in [-0.39, 0.29) is 18.5 Å². The maximum Gasteiger partial charge on any atom is 0.393 e. The van der Waals surface area contributed by atoms with Crippen molar-refractivity contribution in [3.05, 3.63) is 30.1 Å². The number of fused-ring (bicyclic) bond motifs is 1. The number of pyridine rings is 1. The zero-order valence-electron chi connectivity index (χ0n) is 11.7. The Kier molecular flexibility index (Phi) is 3.46. The van der Waals surface area contributed by atoms with Gasteiger partial charge in [-0.3, -0.25) is 4.79 Å². The summed E-state index contributed by atoms with van der Waals surface area (Å²) in [5.74, 6) is -1.90. The van der Waals surface area contributed by atoms with Crippen molar-refractivity contribution in [2.75, 3.05) is 18.8 Å². The lowest BCUT2D eigenvalue weighted by Crippen LogP contribution is -2.44. The first-order chi connectivity index (χ1) is 10.4. The van der Waals surface area contributed by atoms with E-state index in [1.54, 1.807) is 18.3 Å². The molecule has 0 aliphatic carbocycles. The summed E-state index contributed by atoms with van der Waals surface area (Å²) < 4.78 is 40.0. The van der Waals surface area contributed by atoms with Crippen LogP contribution in [0.5, 0.6) is 0 Å². The maximum atomic E-state index is 12.9. The van der Waals surface area contributed by atoms with Gasteiger partial charge in [-0.15, -0.1) is 0 Å². The summed E-state index contributed by atoms with van der Waals surface area (Å²) in [5.41, 5.74) is 6.93. The number of piperidine rings is 1. The number of nitrogens with zero attached hydrogens (tertiary/aromatic N) is 3. The highest BCUT2D eigenvalue weighted by Gasteiger charge is 2.43. The van der Waals surface area contributed by atoms with E-state index in [0.29, 0.717) is 24.2 Å². The Bertz CT molecular complexity index is 710. The number of hydrogen-bond donors (Lipinski definition) is 1. The number of nitrogens with two attached hydrogens (primary N) is 1. The van der Waals surface area contributed by atoms with Gasteiger partial charge in [0.15, 0.2) is 0 Å². The van der Waals surface area contributed by atoms with Crippen LogP contribution < -0.4 is 5.73 Å². The van der Waals surface area contributed by atoms with Crippen molar-refractivity contribution in [3.8, 4) is 0 Å². The Hall–Kier alpha value is -2.25. The highest BCUT2D eigenvalue weighted by atomic mass is 19.4. The fourth-order valence-corrected chi connectivity index (χ4v) is 2.76. The van der Waals surface area contributed by atoms with Gasteiger partial charge in [-0.1, -0.05) is 0 Å². The molecule has 1 saturated heterocycles. The van der Waals surface area contributed by atoms with Gasteiger partial charge in [0.25, 0.3) is 5.91 Å². The quantitative estimate of drug-likeness (QED) is 0.879. The van der Waals surface area contributed by atoms with Crippen molar-refractivity contribution in [1.29, 1.82) is 0 Å². The van der Waals surface area contributed by atoms with Crippen LogP contribution in [0.4, 0.5) is 18.9 Å². The van der Waals surface area contributed by atoms with E-state index >= 15 is 0 Å². The van der Waals surface area contributed by atoms with E-state index in [4.69, 9.17) is 5.73 Å². The molecule has 22 heavy (non-hydrogen) atoms. The van der Waals surface area contributed by atoms with Crippen molar-refractivity contribution >= 4 is 17.1 Å². The topological polar surface area (TPSA) is 63.6 Å². The lowest BCUT2D eigenvalue weighted by atomic mass is 9.97. The number of anilines is 1. The molecule has 1 fully saturated rings. The third-order valence-electron chi connectivity index (χ3n) is 3.95. The second-order valence-corrected chi connectivity index (χ2v) is 5.48. The number of nitrogen functional groups attached to an aromatic ring is 1. The van der Waals surface area contributed by atoms with Gasteiger partial charge in [-0.25, -0.2) is 4.52 Å². The Morgan fingerprint density at radius 3 is 2.91 bits per heavy atom. The summed E-state index contributed by atoms with van der Waals surface area (Å²) in [4.78, 5) is 13.8. The highest BCUT2D eigenvalue weighted by Crippen LogP contribution is 2.33.